The zero-order valence-electron chi connectivity index (χ0n) is 16.7. The fourth-order valence-electron chi connectivity index (χ4n) is 2.38. The first-order chi connectivity index (χ1) is 14.3. The zero-order chi connectivity index (χ0) is 21.9. The Bertz CT molecular complexity index is 840. The minimum Gasteiger partial charge on any atom is -0.507 e. The van der Waals surface area contributed by atoms with E-state index < -0.39 is 12.0 Å². The highest BCUT2D eigenvalue weighted by Crippen LogP contribution is 2.22. The first kappa shape index (κ1) is 23.0. The van der Waals surface area contributed by atoms with Crippen LogP contribution < -0.4 is 25.3 Å². The Morgan fingerprint density at radius 3 is 2.30 bits per heavy atom. The average Bonchev–Trinajstić information content (AvgIpc) is 2.72. The lowest BCUT2D eigenvalue weighted by Crippen LogP contribution is -2.33. The molecule has 2 aromatic carbocycles. The summed E-state index contributed by atoms with van der Waals surface area (Å²) in [5, 5.41) is 22.6. The van der Waals surface area contributed by atoms with E-state index in [9.17, 15) is 19.8 Å². The smallest absolute Gasteiger partial charge is 0.252 e. The number of ketones is 1. The number of aliphatic hydroxyl groups excluding tert-OH is 1. The van der Waals surface area contributed by atoms with E-state index in [1.165, 1.54) is 25.1 Å². The Morgan fingerprint density at radius 2 is 1.67 bits per heavy atom. The monoisotopic (exact) mass is 418 g/mol. The number of hydrogen-bond acceptors (Lipinski definition) is 8. The van der Waals surface area contributed by atoms with Gasteiger partial charge in [0.15, 0.2) is 5.78 Å². The van der Waals surface area contributed by atoms with Crippen molar-refractivity contribution in [3.63, 3.8) is 0 Å². The number of nitrogens with two attached hydrogens (primary N) is 1. The summed E-state index contributed by atoms with van der Waals surface area (Å²) >= 11 is 0. The summed E-state index contributed by atoms with van der Waals surface area (Å²) in [6.45, 7) is 2.61. The third-order valence-electron chi connectivity index (χ3n) is 3.87. The van der Waals surface area contributed by atoms with Crippen molar-refractivity contribution in [2.75, 3.05) is 32.9 Å². The molecule has 0 aliphatic heterocycles. The van der Waals surface area contributed by atoms with Crippen LogP contribution in [-0.2, 0) is 4.79 Å². The number of ether oxygens (including phenoxy) is 3. The lowest BCUT2D eigenvalue weighted by atomic mass is 10.2. The molecular formula is C21H26N2O7. The van der Waals surface area contributed by atoms with Gasteiger partial charge in [-0.05, 0) is 49.4 Å². The Balaban J connectivity index is 1.62. The maximum Gasteiger partial charge on any atom is 0.252 e. The van der Waals surface area contributed by atoms with Crippen LogP contribution in [0.1, 0.15) is 17.3 Å². The van der Waals surface area contributed by atoms with Crippen molar-refractivity contribution in [3.8, 4) is 23.0 Å². The first-order valence-electron chi connectivity index (χ1n) is 9.34. The van der Waals surface area contributed by atoms with Crippen molar-refractivity contribution in [3.05, 3.63) is 48.0 Å². The number of aromatic hydroxyl groups is 1. The minimum atomic E-state index is -0.738. The molecule has 0 saturated carbocycles. The zero-order valence-corrected chi connectivity index (χ0v) is 16.7. The predicted molar refractivity (Wildman–Crippen MR) is 109 cm³/mol. The van der Waals surface area contributed by atoms with E-state index in [1.807, 2.05) is 0 Å². The number of hydrogen-bond donors (Lipinski definition) is 4. The van der Waals surface area contributed by atoms with E-state index in [-0.39, 0.29) is 36.9 Å². The van der Waals surface area contributed by atoms with Gasteiger partial charge in [-0.3, -0.25) is 9.59 Å². The highest BCUT2D eigenvalue weighted by atomic mass is 16.5. The van der Waals surface area contributed by atoms with Gasteiger partial charge < -0.3 is 35.5 Å². The lowest BCUT2D eigenvalue weighted by Gasteiger charge is -2.14. The molecule has 2 rings (SSSR count). The summed E-state index contributed by atoms with van der Waals surface area (Å²) in [5.41, 5.74) is 5.16. The van der Waals surface area contributed by atoms with Gasteiger partial charge in [-0.15, -0.1) is 0 Å². The van der Waals surface area contributed by atoms with E-state index in [0.717, 1.165) is 0 Å². The number of nitrogens with one attached hydrogen (secondary N) is 1. The summed E-state index contributed by atoms with van der Waals surface area (Å²) in [4.78, 5) is 22.1. The van der Waals surface area contributed by atoms with Gasteiger partial charge in [-0.2, -0.15) is 0 Å². The van der Waals surface area contributed by atoms with Crippen molar-refractivity contribution >= 4 is 11.7 Å². The van der Waals surface area contributed by atoms with Gasteiger partial charge >= 0.3 is 0 Å². The molecule has 0 aliphatic rings. The third kappa shape index (κ3) is 7.98. The van der Waals surface area contributed by atoms with Crippen LogP contribution in [0, 0.1) is 0 Å². The molecule has 0 bridgehead atoms. The lowest BCUT2D eigenvalue weighted by molar-refractivity contribution is -0.118. The summed E-state index contributed by atoms with van der Waals surface area (Å²) < 4.78 is 16.3. The molecule has 0 aliphatic carbocycles. The Labute approximate surface area is 174 Å². The summed E-state index contributed by atoms with van der Waals surface area (Å²) in [5.74, 6) is 0.547. The second kappa shape index (κ2) is 11.6. The number of phenols is 1. The molecule has 162 valence electrons. The molecule has 9 heteroatoms. The maximum atomic E-state index is 11.2. The third-order valence-corrected chi connectivity index (χ3v) is 3.87. The molecule has 5 N–H and O–H groups in total. The molecule has 0 spiro atoms. The number of rotatable bonds is 13. The highest BCUT2D eigenvalue weighted by molar-refractivity contribution is 5.95. The first-order valence-corrected chi connectivity index (χ1v) is 9.34. The van der Waals surface area contributed by atoms with Crippen molar-refractivity contribution in [1.82, 2.24) is 5.32 Å². The SMILES string of the molecule is CC(=O)COc1ccc(OCC(O)CNCCOc2ccc(O)c(C(N)=O)c2)cc1. The Hall–Kier alpha value is -3.30. The van der Waals surface area contributed by atoms with Crippen LogP contribution in [0.3, 0.4) is 0 Å². The standard InChI is InChI=1S/C21H26N2O7/c1-14(24)12-29-16-2-4-17(5-3-16)30-13-15(25)11-23-8-9-28-18-6-7-20(26)19(10-18)21(22)27/h2-7,10,15,23,25-26H,8-9,11-13H2,1H3,(H2,22,27). The van der Waals surface area contributed by atoms with Crippen LogP contribution in [0.25, 0.3) is 0 Å². The number of carbonyl (C=O) groups excluding carboxylic acids is 2. The molecular weight excluding hydrogens is 392 g/mol. The quantitative estimate of drug-likeness (QED) is 0.351. The van der Waals surface area contributed by atoms with Crippen LogP contribution in [0.5, 0.6) is 23.0 Å². The van der Waals surface area contributed by atoms with E-state index in [4.69, 9.17) is 19.9 Å². The summed E-state index contributed by atoms with van der Waals surface area (Å²) in [7, 11) is 0. The molecule has 2 aromatic rings. The molecule has 0 radical (unpaired) electrons. The van der Waals surface area contributed by atoms with Crippen LogP contribution in [0.2, 0.25) is 0 Å². The van der Waals surface area contributed by atoms with Crippen molar-refractivity contribution in [2.45, 2.75) is 13.0 Å². The number of Topliss-reactive ketones (excluding diaryl/α,β-unsaturated/α-hetero) is 1. The molecule has 0 saturated heterocycles. The molecule has 9 nitrogen and oxygen atoms in total. The Kier molecular flexibility index (Phi) is 8.92. The molecule has 1 unspecified atom stereocenters. The maximum absolute atomic E-state index is 11.2. The topological polar surface area (TPSA) is 140 Å². The molecule has 30 heavy (non-hydrogen) atoms. The van der Waals surface area contributed by atoms with Gasteiger partial charge in [-0.25, -0.2) is 0 Å². The van der Waals surface area contributed by atoms with Crippen molar-refractivity contribution in [1.29, 1.82) is 0 Å². The number of amides is 1. The van der Waals surface area contributed by atoms with Gasteiger partial charge in [0.05, 0.1) is 5.56 Å². The number of benzene rings is 2. The van der Waals surface area contributed by atoms with Crippen LogP contribution in [-0.4, -0.2) is 60.9 Å². The largest absolute Gasteiger partial charge is 0.507 e. The highest BCUT2D eigenvalue weighted by Gasteiger charge is 2.09. The second-order valence-electron chi connectivity index (χ2n) is 6.52. The number of carbonyl (C=O) groups is 2. The van der Waals surface area contributed by atoms with Crippen LogP contribution in [0.4, 0.5) is 0 Å². The van der Waals surface area contributed by atoms with Crippen molar-refractivity contribution < 1.29 is 34.0 Å². The predicted octanol–water partition coefficient (Wildman–Crippen LogP) is 0.867. The van der Waals surface area contributed by atoms with Gasteiger partial charge in [0.1, 0.15) is 48.9 Å². The molecule has 0 heterocycles. The molecule has 0 fully saturated rings. The molecule has 1 atom stereocenters. The van der Waals surface area contributed by atoms with Crippen LogP contribution >= 0.6 is 0 Å². The fourth-order valence-corrected chi connectivity index (χ4v) is 2.38. The number of aliphatic hydroxyl groups is 1. The van der Waals surface area contributed by atoms with Gasteiger partial charge in [0.2, 0.25) is 0 Å². The molecule has 0 aromatic heterocycles. The van der Waals surface area contributed by atoms with E-state index in [1.54, 1.807) is 24.3 Å². The van der Waals surface area contributed by atoms with E-state index in [2.05, 4.69) is 5.32 Å². The van der Waals surface area contributed by atoms with Crippen LogP contribution in [0.15, 0.2) is 42.5 Å². The Morgan fingerprint density at radius 1 is 1.03 bits per heavy atom. The minimum absolute atomic E-state index is 0.00789. The fraction of sp³-hybridized carbons (Fsp3) is 0.333. The van der Waals surface area contributed by atoms with Crippen molar-refractivity contribution in [2.24, 2.45) is 5.73 Å². The van der Waals surface area contributed by atoms with E-state index >= 15 is 0 Å². The van der Waals surface area contributed by atoms with Gasteiger partial charge in [0.25, 0.3) is 5.91 Å². The average molecular weight is 418 g/mol. The van der Waals surface area contributed by atoms with E-state index in [0.29, 0.717) is 30.3 Å². The second-order valence-corrected chi connectivity index (χ2v) is 6.52. The van der Waals surface area contributed by atoms with Gasteiger partial charge in [-0.1, -0.05) is 0 Å². The summed E-state index contributed by atoms with van der Waals surface area (Å²) in [6.07, 6.45) is -0.728. The number of primary amides is 1. The van der Waals surface area contributed by atoms with Gasteiger partial charge in [0, 0.05) is 13.1 Å². The molecule has 1 amide bonds. The normalized spacial score (nSPS) is 11.5. The summed E-state index contributed by atoms with van der Waals surface area (Å²) in [6, 6.07) is 11.0.